The number of imidazole rings is 1. The van der Waals surface area contributed by atoms with Crippen LogP contribution >= 0.6 is 0 Å². The zero-order valence-electron chi connectivity index (χ0n) is 11.4. The lowest BCUT2D eigenvalue weighted by Crippen LogP contribution is -2.17. The number of hydrogen-bond acceptors (Lipinski definition) is 2. The molecule has 0 amide bonds. The molecule has 1 heterocycles. The van der Waals surface area contributed by atoms with Crippen LogP contribution < -0.4 is 0 Å². The van der Waals surface area contributed by atoms with Gasteiger partial charge in [0, 0.05) is 19.4 Å². The summed E-state index contributed by atoms with van der Waals surface area (Å²) < 4.78 is 1.85. The van der Waals surface area contributed by atoms with Gasteiger partial charge in [0.1, 0.15) is 11.9 Å². The van der Waals surface area contributed by atoms with Gasteiger partial charge >= 0.3 is 0 Å². The van der Waals surface area contributed by atoms with Crippen LogP contribution in [0.1, 0.15) is 43.8 Å². The molecule has 3 nitrogen and oxygen atoms in total. The van der Waals surface area contributed by atoms with E-state index >= 15 is 0 Å². The summed E-state index contributed by atoms with van der Waals surface area (Å²) in [5, 5.41) is 10.5. The number of aliphatic hydroxyl groups excluding tert-OH is 1. The molecule has 0 spiro atoms. The van der Waals surface area contributed by atoms with Gasteiger partial charge < -0.3 is 9.67 Å². The third-order valence-corrected chi connectivity index (χ3v) is 3.17. The molecule has 1 unspecified atom stereocenters. The van der Waals surface area contributed by atoms with Gasteiger partial charge in [0.25, 0.3) is 0 Å². The Bertz CT molecular complexity index is 537. The highest BCUT2D eigenvalue weighted by atomic mass is 16.3. The summed E-state index contributed by atoms with van der Waals surface area (Å²) in [5.74, 6) is 0.673. The van der Waals surface area contributed by atoms with Crippen LogP contribution in [0.3, 0.4) is 0 Å². The first-order valence-electron chi connectivity index (χ1n) is 6.16. The van der Waals surface area contributed by atoms with Gasteiger partial charge in [-0.15, -0.1) is 0 Å². The minimum absolute atomic E-state index is 0.00272. The van der Waals surface area contributed by atoms with Gasteiger partial charge in [-0.2, -0.15) is 0 Å². The summed E-state index contributed by atoms with van der Waals surface area (Å²) in [6.07, 6.45) is 2.87. The Balaban J connectivity index is 2.49. The predicted octanol–water partition coefficient (Wildman–Crippen LogP) is 2.80. The lowest BCUT2D eigenvalue weighted by molar-refractivity contribution is 0.203. The molecule has 0 bridgehead atoms. The van der Waals surface area contributed by atoms with E-state index in [1.54, 1.807) is 6.20 Å². The quantitative estimate of drug-likeness (QED) is 0.882. The Kier molecular flexibility index (Phi) is 3.26. The van der Waals surface area contributed by atoms with Crippen molar-refractivity contribution < 1.29 is 5.11 Å². The standard InChI is InChI=1S/C15H20N2O/c1-15(2,3)12-8-6-5-7-11(12)13(18)14-16-9-10-17(14)4/h5-10,13,18H,1-4H3. The molecule has 1 aromatic carbocycles. The van der Waals surface area contributed by atoms with E-state index in [1.165, 1.54) is 0 Å². The Morgan fingerprint density at radius 2 is 1.89 bits per heavy atom. The van der Waals surface area contributed by atoms with Crippen LogP contribution in [-0.4, -0.2) is 14.7 Å². The van der Waals surface area contributed by atoms with Crippen molar-refractivity contribution in [3.8, 4) is 0 Å². The zero-order valence-corrected chi connectivity index (χ0v) is 11.4. The maximum Gasteiger partial charge on any atom is 0.142 e. The molecule has 0 aliphatic heterocycles. The van der Waals surface area contributed by atoms with E-state index in [2.05, 4.69) is 31.8 Å². The summed E-state index contributed by atoms with van der Waals surface area (Å²) >= 11 is 0. The second kappa shape index (κ2) is 4.58. The summed E-state index contributed by atoms with van der Waals surface area (Å²) in [4.78, 5) is 4.23. The summed E-state index contributed by atoms with van der Waals surface area (Å²) in [7, 11) is 1.89. The highest BCUT2D eigenvalue weighted by Gasteiger charge is 2.23. The lowest BCUT2D eigenvalue weighted by Gasteiger charge is -2.25. The molecule has 0 saturated carbocycles. The topological polar surface area (TPSA) is 38.0 Å². The predicted molar refractivity (Wildman–Crippen MR) is 72.4 cm³/mol. The van der Waals surface area contributed by atoms with Crippen molar-refractivity contribution in [3.63, 3.8) is 0 Å². The Morgan fingerprint density at radius 3 is 2.44 bits per heavy atom. The average molecular weight is 244 g/mol. The Morgan fingerprint density at radius 1 is 1.22 bits per heavy atom. The van der Waals surface area contributed by atoms with Gasteiger partial charge in [0.2, 0.25) is 0 Å². The second-order valence-corrected chi connectivity index (χ2v) is 5.64. The van der Waals surface area contributed by atoms with Crippen molar-refractivity contribution in [1.29, 1.82) is 0 Å². The Hall–Kier alpha value is -1.61. The minimum atomic E-state index is -0.680. The first-order valence-corrected chi connectivity index (χ1v) is 6.16. The second-order valence-electron chi connectivity index (χ2n) is 5.64. The number of nitrogens with zero attached hydrogens (tertiary/aromatic N) is 2. The third kappa shape index (κ3) is 2.31. The van der Waals surface area contributed by atoms with E-state index in [9.17, 15) is 5.11 Å². The number of aliphatic hydroxyl groups is 1. The molecular weight excluding hydrogens is 224 g/mol. The van der Waals surface area contributed by atoms with Crippen LogP contribution in [0.5, 0.6) is 0 Å². The van der Waals surface area contributed by atoms with Crippen molar-refractivity contribution >= 4 is 0 Å². The smallest absolute Gasteiger partial charge is 0.142 e. The SMILES string of the molecule is Cn1ccnc1C(O)c1ccccc1C(C)(C)C. The van der Waals surface area contributed by atoms with Crippen LogP contribution in [0.25, 0.3) is 0 Å². The van der Waals surface area contributed by atoms with Gasteiger partial charge in [-0.25, -0.2) is 4.98 Å². The third-order valence-electron chi connectivity index (χ3n) is 3.17. The lowest BCUT2D eigenvalue weighted by atomic mass is 9.82. The summed E-state index contributed by atoms with van der Waals surface area (Å²) in [6, 6.07) is 8.01. The first kappa shape index (κ1) is 12.8. The molecule has 2 rings (SSSR count). The fourth-order valence-corrected chi connectivity index (χ4v) is 2.20. The van der Waals surface area contributed by atoms with Gasteiger partial charge in [-0.1, -0.05) is 45.0 Å². The molecule has 0 saturated heterocycles. The minimum Gasteiger partial charge on any atom is -0.380 e. The zero-order chi connectivity index (χ0) is 13.3. The number of rotatable bonds is 2. The molecule has 0 aliphatic carbocycles. The highest BCUT2D eigenvalue weighted by Crippen LogP contribution is 2.31. The molecule has 1 aromatic heterocycles. The van der Waals surface area contributed by atoms with Gasteiger partial charge in [-0.3, -0.25) is 0 Å². The molecule has 0 fully saturated rings. The molecular formula is C15H20N2O. The maximum atomic E-state index is 10.5. The molecule has 1 N–H and O–H groups in total. The van der Waals surface area contributed by atoms with E-state index in [0.717, 1.165) is 11.1 Å². The van der Waals surface area contributed by atoms with Crippen LogP contribution in [0.2, 0.25) is 0 Å². The number of hydrogen-bond donors (Lipinski definition) is 1. The highest BCUT2D eigenvalue weighted by molar-refractivity contribution is 5.36. The van der Waals surface area contributed by atoms with Crippen molar-refractivity contribution in [1.82, 2.24) is 9.55 Å². The summed E-state index contributed by atoms with van der Waals surface area (Å²) in [6.45, 7) is 6.45. The largest absolute Gasteiger partial charge is 0.380 e. The molecule has 2 aromatic rings. The van der Waals surface area contributed by atoms with Crippen molar-refractivity contribution in [3.05, 3.63) is 53.6 Å². The fraction of sp³-hybridized carbons (Fsp3) is 0.400. The van der Waals surface area contributed by atoms with Crippen LogP contribution in [0, 0.1) is 0 Å². The van der Waals surface area contributed by atoms with Crippen molar-refractivity contribution in [2.24, 2.45) is 7.05 Å². The monoisotopic (exact) mass is 244 g/mol. The Labute approximate surface area is 108 Å². The molecule has 18 heavy (non-hydrogen) atoms. The fourth-order valence-electron chi connectivity index (χ4n) is 2.20. The first-order chi connectivity index (χ1) is 8.41. The van der Waals surface area contributed by atoms with E-state index in [1.807, 2.05) is 36.0 Å². The normalized spacial score (nSPS) is 13.6. The average Bonchev–Trinajstić information content (AvgIpc) is 2.73. The van der Waals surface area contributed by atoms with Crippen LogP contribution in [0.15, 0.2) is 36.7 Å². The van der Waals surface area contributed by atoms with E-state index in [4.69, 9.17) is 0 Å². The molecule has 0 radical (unpaired) electrons. The van der Waals surface area contributed by atoms with E-state index < -0.39 is 6.10 Å². The van der Waals surface area contributed by atoms with Crippen molar-refractivity contribution in [2.45, 2.75) is 32.3 Å². The molecule has 0 aliphatic rings. The molecule has 1 atom stereocenters. The number of aryl methyl sites for hydroxylation is 1. The summed E-state index contributed by atoms with van der Waals surface area (Å²) in [5.41, 5.74) is 2.09. The maximum absolute atomic E-state index is 10.5. The van der Waals surface area contributed by atoms with Crippen molar-refractivity contribution in [2.75, 3.05) is 0 Å². The van der Waals surface area contributed by atoms with E-state index in [0.29, 0.717) is 5.82 Å². The molecule has 3 heteroatoms. The van der Waals surface area contributed by atoms with E-state index in [-0.39, 0.29) is 5.41 Å². The van der Waals surface area contributed by atoms with Gasteiger partial charge in [-0.05, 0) is 16.5 Å². The molecule has 96 valence electrons. The number of benzene rings is 1. The van der Waals surface area contributed by atoms with Gasteiger partial charge in [0.15, 0.2) is 0 Å². The van der Waals surface area contributed by atoms with Crippen LogP contribution in [-0.2, 0) is 12.5 Å². The van der Waals surface area contributed by atoms with Gasteiger partial charge in [0.05, 0.1) is 0 Å². The van der Waals surface area contributed by atoms with Crippen LogP contribution in [0.4, 0.5) is 0 Å². The number of aromatic nitrogens is 2.